The summed E-state index contributed by atoms with van der Waals surface area (Å²) < 4.78 is 22.9. The predicted octanol–water partition coefficient (Wildman–Crippen LogP) is 7.45. The third-order valence-corrected chi connectivity index (χ3v) is 7.50. The Hall–Kier alpha value is -1.14. The first-order valence-electron chi connectivity index (χ1n) is 15.3. The number of esters is 2. The third kappa shape index (κ3) is 12.9. The fourth-order valence-corrected chi connectivity index (χ4v) is 5.25. The maximum absolute atomic E-state index is 12.3. The highest BCUT2D eigenvalue weighted by atomic mass is 16.7. The Morgan fingerprint density at radius 1 is 0.528 bits per heavy atom. The second-order valence-electron chi connectivity index (χ2n) is 10.8. The molecule has 4 atom stereocenters. The van der Waals surface area contributed by atoms with Crippen LogP contribution in [-0.4, -0.2) is 49.6 Å². The molecule has 0 aromatic carbocycles. The fraction of sp³-hybridized carbons (Fsp3) is 0.933. The summed E-state index contributed by atoms with van der Waals surface area (Å²) in [5.41, 5.74) is 0. The Labute approximate surface area is 220 Å². The molecule has 4 unspecified atom stereocenters. The number of rotatable bonds is 22. The molecule has 0 aromatic rings. The first-order valence-corrected chi connectivity index (χ1v) is 15.3. The number of carbonyl (C=O) groups excluding carboxylic acids is 2. The van der Waals surface area contributed by atoms with Crippen LogP contribution in [-0.2, 0) is 28.5 Å². The normalized spacial score (nSPS) is 23.1. The minimum Gasteiger partial charge on any atom is -0.457 e. The maximum Gasteiger partial charge on any atom is 0.306 e. The smallest absolute Gasteiger partial charge is 0.306 e. The summed E-state index contributed by atoms with van der Waals surface area (Å²) in [5.74, 6) is -0.358. The van der Waals surface area contributed by atoms with Crippen molar-refractivity contribution in [1.29, 1.82) is 0 Å². The van der Waals surface area contributed by atoms with E-state index in [1.165, 1.54) is 89.9 Å². The van der Waals surface area contributed by atoms with E-state index >= 15 is 0 Å². The van der Waals surface area contributed by atoms with E-state index < -0.39 is 12.2 Å². The molecule has 210 valence electrons. The van der Waals surface area contributed by atoms with Gasteiger partial charge in [0.2, 0.25) is 0 Å². The van der Waals surface area contributed by atoms with E-state index in [0.29, 0.717) is 26.1 Å². The first kappa shape index (κ1) is 31.1. The van der Waals surface area contributed by atoms with E-state index in [1.54, 1.807) is 0 Å². The number of carbonyl (C=O) groups is 2. The highest BCUT2D eigenvalue weighted by Gasteiger charge is 2.51. The average Bonchev–Trinajstić information content (AvgIpc) is 3.45. The van der Waals surface area contributed by atoms with Crippen LogP contribution in [0, 0.1) is 0 Å². The Kier molecular flexibility index (Phi) is 17.2. The van der Waals surface area contributed by atoms with Gasteiger partial charge in [0.25, 0.3) is 0 Å². The van der Waals surface area contributed by atoms with E-state index in [4.69, 9.17) is 18.9 Å². The standard InChI is InChI=1S/C30H54O6/c1-3-5-7-9-11-13-15-17-19-21-27(31)35-25-23-33-30-26(24-34-29(25)30)36-28(32)22-20-18-16-14-12-10-8-6-4-2/h25-26,29-30H,3-24H2,1-2H3. The van der Waals surface area contributed by atoms with Gasteiger partial charge in [0.1, 0.15) is 12.2 Å². The SMILES string of the molecule is CCCCCCCCCCCC(=O)OC1COC2C(OC(=O)CCCCCCCCCCC)COC12. The molecule has 0 aromatic heterocycles. The predicted molar refractivity (Wildman–Crippen MR) is 143 cm³/mol. The van der Waals surface area contributed by atoms with Gasteiger partial charge in [-0.05, 0) is 12.8 Å². The van der Waals surface area contributed by atoms with Crippen LogP contribution in [0.3, 0.4) is 0 Å². The summed E-state index contributed by atoms with van der Waals surface area (Å²) in [6.45, 7) is 5.10. The summed E-state index contributed by atoms with van der Waals surface area (Å²) in [4.78, 5) is 24.6. The molecule has 0 bridgehead atoms. The molecular formula is C30H54O6. The zero-order chi connectivity index (χ0) is 25.8. The van der Waals surface area contributed by atoms with E-state index in [9.17, 15) is 9.59 Å². The van der Waals surface area contributed by atoms with Crippen molar-refractivity contribution in [1.82, 2.24) is 0 Å². The van der Waals surface area contributed by atoms with Gasteiger partial charge < -0.3 is 18.9 Å². The maximum atomic E-state index is 12.3. The number of ether oxygens (including phenoxy) is 4. The second-order valence-corrected chi connectivity index (χ2v) is 10.8. The summed E-state index contributed by atoms with van der Waals surface area (Å²) >= 11 is 0. The molecule has 2 aliphatic rings. The van der Waals surface area contributed by atoms with Crippen LogP contribution in [0.25, 0.3) is 0 Å². The average molecular weight is 511 g/mol. The first-order chi connectivity index (χ1) is 17.7. The molecule has 0 spiro atoms. The second kappa shape index (κ2) is 19.9. The molecule has 2 rings (SSSR count). The molecule has 2 aliphatic heterocycles. The zero-order valence-electron chi connectivity index (χ0n) is 23.3. The Bertz CT molecular complexity index is 530. The Morgan fingerprint density at radius 3 is 1.17 bits per heavy atom. The van der Waals surface area contributed by atoms with Crippen LogP contribution in [0.2, 0.25) is 0 Å². The monoisotopic (exact) mass is 510 g/mol. The topological polar surface area (TPSA) is 71.1 Å². The lowest BCUT2D eigenvalue weighted by molar-refractivity contribution is -0.155. The number of unbranched alkanes of at least 4 members (excludes halogenated alkanes) is 16. The molecular weight excluding hydrogens is 456 g/mol. The molecule has 0 N–H and O–H groups in total. The molecule has 6 heteroatoms. The van der Waals surface area contributed by atoms with Crippen molar-refractivity contribution < 1.29 is 28.5 Å². The van der Waals surface area contributed by atoms with Crippen molar-refractivity contribution in [2.75, 3.05) is 13.2 Å². The lowest BCUT2D eigenvalue weighted by atomic mass is 10.1. The van der Waals surface area contributed by atoms with Crippen LogP contribution in [0.15, 0.2) is 0 Å². The highest BCUT2D eigenvalue weighted by molar-refractivity contribution is 5.70. The highest BCUT2D eigenvalue weighted by Crippen LogP contribution is 2.31. The summed E-state index contributed by atoms with van der Waals surface area (Å²) in [5, 5.41) is 0. The summed E-state index contributed by atoms with van der Waals surface area (Å²) in [6.07, 6.45) is 21.4. The fourth-order valence-electron chi connectivity index (χ4n) is 5.25. The Balaban J connectivity index is 1.49. The minimum atomic E-state index is -0.401. The van der Waals surface area contributed by atoms with Gasteiger partial charge in [0, 0.05) is 12.8 Å². The Morgan fingerprint density at radius 2 is 0.833 bits per heavy atom. The van der Waals surface area contributed by atoms with Gasteiger partial charge in [0.15, 0.2) is 12.2 Å². The van der Waals surface area contributed by atoms with Crippen LogP contribution < -0.4 is 0 Å². The summed E-state index contributed by atoms with van der Waals surface area (Å²) in [6, 6.07) is 0. The van der Waals surface area contributed by atoms with Crippen LogP contribution in [0.4, 0.5) is 0 Å². The van der Waals surface area contributed by atoms with Gasteiger partial charge in [-0.3, -0.25) is 9.59 Å². The molecule has 0 saturated carbocycles. The van der Waals surface area contributed by atoms with Crippen molar-refractivity contribution >= 4 is 11.9 Å². The van der Waals surface area contributed by atoms with Crippen LogP contribution >= 0.6 is 0 Å². The largest absolute Gasteiger partial charge is 0.457 e. The van der Waals surface area contributed by atoms with Gasteiger partial charge in [-0.2, -0.15) is 0 Å². The van der Waals surface area contributed by atoms with Gasteiger partial charge in [0.05, 0.1) is 13.2 Å². The van der Waals surface area contributed by atoms with Gasteiger partial charge >= 0.3 is 11.9 Å². The van der Waals surface area contributed by atoms with Crippen LogP contribution in [0.1, 0.15) is 142 Å². The van der Waals surface area contributed by atoms with Gasteiger partial charge in [-0.15, -0.1) is 0 Å². The molecule has 0 aliphatic carbocycles. The van der Waals surface area contributed by atoms with Crippen LogP contribution in [0.5, 0.6) is 0 Å². The summed E-state index contributed by atoms with van der Waals surface area (Å²) in [7, 11) is 0. The zero-order valence-corrected chi connectivity index (χ0v) is 23.3. The van der Waals surface area contributed by atoms with Crippen molar-refractivity contribution in [3.63, 3.8) is 0 Å². The number of fused-ring (bicyclic) bond motifs is 1. The molecule has 2 fully saturated rings. The molecule has 2 saturated heterocycles. The van der Waals surface area contributed by atoms with Gasteiger partial charge in [-0.1, -0.05) is 117 Å². The molecule has 6 nitrogen and oxygen atoms in total. The van der Waals surface area contributed by atoms with E-state index in [1.807, 2.05) is 0 Å². The van der Waals surface area contributed by atoms with E-state index in [0.717, 1.165) is 25.7 Å². The van der Waals surface area contributed by atoms with Gasteiger partial charge in [-0.25, -0.2) is 0 Å². The lowest BCUT2D eigenvalue weighted by Crippen LogP contribution is -2.35. The molecule has 36 heavy (non-hydrogen) atoms. The van der Waals surface area contributed by atoms with E-state index in [2.05, 4.69) is 13.8 Å². The van der Waals surface area contributed by atoms with Crippen molar-refractivity contribution in [3.05, 3.63) is 0 Å². The molecule has 2 heterocycles. The number of hydrogen-bond donors (Lipinski definition) is 0. The van der Waals surface area contributed by atoms with Crippen molar-refractivity contribution in [2.24, 2.45) is 0 Å². The van der Waals surface area contributed by atoms with E-state index in [-0.39, 0.29) is 24.1 Å². The third-order valence-electron chi connectivity index (χ3n) is 7.50. The molecule has 0 radical (unpaired) electrons. The van der Waals surface area contributed by atoms with Crippen molar-refractivity contribution in [2.45, 2.75) is 167 Å². The van der Waals surface area contributed by atoms with Crippen molar-refractivity contribution in [3.8, 4) is 0 Å². The lowest BCUT2D eigenvalue weighted by Gasteiger charge is -2.17. The minimum absolute atomic E-state index is 0.179. The quantitative estimate of drug-likeness (QED) is 0.111. The number of hydrogen-bond acceptors (Lipinski definition) is 6. The molecule has 0 amide bonds.